The number of hydrogen-bond donors (Lipinski definition) is 2. The number of aliphatic imine (C=N–C) groups is 1. The maximum absolute atomic E-state index is 14.0. The maximum Gasteiger partial charge on any atom is 0.191 e. The Bertz CT molecular complexity index is 604. The smallest absolute Gasteiger partial charge is 0.191 e. The molecule has 0 atom stereocenters. The monoisotopic (exact) mass is 506 g/mol. The fourth-order valence-corrected chi connectivity index (χ4v) is 3.38. The average molecular weight is 506 g/mol. The van der Waals surface area contributed by atoms with Gasteiger partial charge in [0.2, 0.25) is 0 Å². The summed E-state index contributed by atoms with van der Waals surface area (Å²) in [5, 5.41) is 6.84. The predicted molar refractivity (Wildman–Crippen MR) is 125 cm³/mol. The molecule has 2 rings (SSSR count). The quantitative estimate of drug-likeness (QED) is 0.318. The maximum atomic E-state index is 14.0. The molecule has 1 aliphatic heterocycles. The summed E-state index contributed by atoms with van der Waals surface area (Å²) in [6.45, 7) is 13.6. The van der Waals surface area contributed by atoms with E-state index in [0.717, 1.165) is 44.0 Å². The Hall–Kier alpha value is -1.09. The molecule has 1 fully saturated rings. The molecule has 0 aromatic heterocycles. The number of piperidine rings is 1. The van der Waals surface area contributed by atoms with Gasteiger partial charge >= 0.3 is 0 Å². The molecule has 1 aliphatic rings. The van der Waals surface area contributed by atoms with Gasteiger partial charge < -0.3 is 20.3 Å². The molecule has 1 aromatic rings. The SMILES string of the molecule is CCNC(=NCc1ccc(OCC)c(F)c1)NC1CCN(CC(C)C)CC1.I. The van der Waals surface area contributed by atoms with Crippen LogP contribution < -0.4 is 15.4 Å². The van der Waals surface area contributed by atoms with E-state index < -0.39 is 0 Å². The van der Waals surface area contributed by atoms with Crippen LogP contribution in [-0.4, -0.2) is 49.7 Å². The second kappa shape index (κ2) is 13.2. The third-order valence-electron chi connectivity index (χ3n) is 4.61. The van der Waals surface area contributed by atoms with Gasteiger partial charge in [0.15, 0.2) is 17.5 Å². The van der Waals surface area contributed by atoms with Crippen LogP contribution in [0.3, 0.4) is 0 Å². The van der Waals surface area contributed by atoms with Gasteiger partial charge in [-0.25, -0.2) is 9.38 Å². The molecule has 1 aromatic carbocycles. The van der Waals surface area contributed by atoms with Crippen LogP contribution in [-0.2, 0) is 6.54 Å². The number of ether oxygens (including phenoxy) is 1. The van der Waals surface area contributed by atoms with Gasteiger partial charge in [0.25, 0.3) is 0 Å². The molecule has 1 heterocycles. The minimum Gasteiger partial charge on any atom is -0.491 e. The first kappa shape index (κ1) is 24.9. The van der Waals surface area contributed by atoms with Gasteiger partial charge in [0, 0.05) is 32.2 Å². The predicted octanol–water partition coefficient (Wildman–Crippen LogP) is 4.02. The van der Waals surface area contributed by atoms with E-state index in [-0.39, 0.29) is 29.8 Å². The van der Waals surface area contributed by atoms with Crippen LogP contribution in [0.5, 0.6) is 5.75 Å². The summed E-state index contributed by atoms with van der Waals surface area (Å²) in [6.07, 6.45) is 2.24. The first-order chi connectivity index (χ1) is 13.0. The van der Waals surface area contributed by atoms with Crippen molar-refractivity contribution in [2.45, 2.75) is 53.1 Å². The lowest BCUT2D eigenvalue weighted by Crippen LogP contribution is -2.49. The minimum absolute atomic E-state index is 0. The summed E-state index contributed by atoms with van der Waals surface area (Å²) in [5.74, 6) is 1.47. The van der Waals surface area contributed by atoms with Crippen molar-refractivity contribution in [3.05, 3.63) is 29.6 Å². The zero-order chi connectivity index (χ0) is 19.6. The van der Waals surface area contributed by atoms with Crippen molar-refractivity contribution in [1.82, 2.24) is 15.5 Å². The van der Waals surface area contributed by atoms with Crippen LogP contribution in [0, 0.1) is 11.7 Å². The van der Waals surface area contributed by atoms with Crippen LogP contribution in [0.15, 0.2) is 23.2 Å². The summed E-state index contributed by atoms with van der Waals surface area (Å²) >= 11 is 0. The summed E-state index contributed by atoms with van der Waals surface area (Å²) in [4.78, 5) is 7.17. The van der Waals surface area contributed by atoms with E-state index in [1.54, 1.807) is 6.07 Å². The molecule has 28 heavy (non-hydrogen) atoms. The number of hydrogen-bond acceptors (Lipinski definition) is 3. The van der Waals surface area contributed by atoms with Gasteiger partial charge in [0.05, 0.1) is 13.2 Å². The van der Waals surface area contributed by atoms with E-state index in [4.69, 9.17) is 4.74 Å². The number of halogens is 2. The highest BCUT2D eigenvalue weighted by atomic mass is 127. The molecule has 1 saturated heterocycles. The van der Waals surface area contributed by atoms with E-state index >= 15 is 0 Å². The highest BCUT2D eigenvalue weighted by Gasteiger charge is 2.20. The summed E-state index contributed by atoms with van der Waals surface area (Å²) in [7, 11) is 0. The molecule has 0 radical (unpaired) electrons. The Morgan fingerprint density at radius 1 is 1.29 bits per heavy atom. The Labute approximate surface area is 186 Å². The van der Waals surface area contributed by atoms with Crippen molar-refractivity contribution in [2.75, 3.05) is 32.8 Å². The number of nitrogens with zero attached hydrogens (tertiary/aromatic N) is 2. The third kappa shape index (κ3) is 8.51. The molecule has 0 bridgehead atoms. The number of guanidine groups is 1. The fourth-order valence-electron chi connectivity index (χ4n) is 3.38. The Morgan fingerprint density at radius 3 is 2.57 bits per heavy atom. The zero-order valence-corrected chi connectivity index (χ0v) is 20.0. The van der Waals surface area contributed by atoms with Crippen LogP contribution in [0.2, 0.25) is 0 Å². The second-order valence-corrected chi connectivity index (χ2v) is 7.51. The van der Waals surface area contributed by atoms with E-state index in [2.05, 4.69) is 41.3 Å². The molecular weight excluding hydrogens is 470 g/mol. The van der Waals surface area contributed by atoms with E-state index in [0.29, 0.717) is 30.9 Å². The van der Waals surface area contributed by atoms with E-state index in [1.807, 2.05) is 13.0 Å². The first-order valence-electron chi connectivity index (χ1n) is 10.2. The van der Waals surface area contributed by atoms with Crippen molar-refractivity contribution in [2.24, 2.45) is 10.9 Å². The molecule has 0 unspecified atom stereocenters. The molecule has 0 aliphatic carbocycles. The van der Waals surface area contributed by atoms with Crippen molar-refractivity contribution in [1.29, 1.82) is 0 Å². The molecule has 5 nitrogen and oxygen atoms in total. The molecule has 160 valence electrons. The van der Waals surface area contributed by atoms with Crippen LogP contribution in [0.25, 0.3) is 0 Å². The third-order valence-corrected chi connectivity index (χ3v) is 4.61. The lowest BCUT2D eigenvalue weighted by molar-refractivity contribution is 0.187. The van der Waals surface area contributed by atoms with Gasteiger partial charge in [-0.1, -0.05) is 19.9 Å². The average Bonchev–Trinajstić information content (AvgIpc) is 2.63. The Balaban J connectivity index is 0.00000392. The zero-order valence-electron chi connectivity index (χ0n) is 17.6. The van der Waals surface area contributed by atoms with Gasteiger partial charge in [-0.3, -0.25) is 0 Å². The van der Waals surface area contributed by atoms with Gasteiger partial charge in [-0.05, 0) is 50.3 Å². The summed E-state index contributed by atoms with van der Waals surface area (Å²) in [5.41, 5.74) is 0.833. The topological polar surface area (TPSA) is 48.9 Å². The van der Waals surface area contributed by atoms with E-state index in [9.17, 15) is 4.39 Å². The van der Waals surface area contributed by atoms with Gasteiger partial charge in [0.1, 0.15) is 0 Å². The summed E-state index contributed by atoms with van der Waals surface area (Å²) in [6, 6.07) is 5.48. The molecular formula is C21H36FIN4O. The number of rotatable bonds is 8. The number of likely N-dealkylation sites (tertiary alicyclic amines) is 1. The minimum atomic E-state index is -0.333. The highest BCUT2D eigenvalue weighted by molar-refractivity contribution is 14.0. The Morgan fingerprint density at radius 2 is 2.00 bits per heavy atom. The normalized spacial score (nSPS) is 16.0. The molecule has 0 amide bonds. The fraction of sp³-hybridized carbons (Fsp3) is 0.667. The molecule has 0 spiro atoms. The van der Waals surface area contributed by atoms with Crippen molar-refractivity contribution in [3.8, 4) is 5.75 Å². The highest BCUT2D eigenvalue weighted by Crippen LogP contribution is 2.19. The van der Waals surface area contributed by atoms with Crippen molar-refractivity contribution in [3.63, 3.8) is 0 Å². The lowest BCUT2D eigenvalue weighted by Gasteiger charge is -2.34. The molecule has 2 N–H and O–H groups in total. The van der Waals surface area contributed by atoms with E-state index in [1.165, 1.54) is 12.6 Å². The number of benzene rings is 1. The Kier molecular flexibility index (Phi) is 11.8. The second-order valence-electron chi connectivity index (χ2n) is 7.51. The van der Waals surface area contributed by atoms with Gasteiger partial charge in [-0.2, -0.15) is 0 Å². The standard InChI is InChI=1S/C21H35FN4O.HI/c1-5-23-21(25-18-9-11-26(12-10-18)15-16(3)4)24-14-17-7-8-20(27-6-2)19(22)13-17;/h7-8,13,16,18H,5-6,9-12,14-15H2,1-4H3,(H2,23,24,25);1H. The molecule has 0 saturated carbocycles. The largest absolute Gasteiger partial charge is 0.491 e. The first-order valence-corrected chi connectivity index (χ1v) is 10.2. The number of nitrogens with one attached hydrogen (secondary N) is 2. The summed E-state index contributed by atoms with van der Waals surface area (Å²) < 4.78 is 19.2. The van der Waals surface area contributed by atoms with Crippen LogP contribution >= 0.6 is 24.0 Å². The van der Waals surface area contributed by atoms with Gasteiger partial charge in [-0.15, -0.1) is 24.0 Å². The molecule has 7 heteroatoms. The van der Waals surface area contributed by atoms with Crippen LogP contribution in [0.1, 0.15) is 46.1 Å². The van der Waals surface area contributed by atoms with Crippen LogP contribution in [0.4, 0.5) is 4.39 Å². The lowest BCUT2D eigenvalue weighted by atomic mass is 10.0. The van der Waals surface area contributed by atoms with Crippen molar-refractivity contribution < 1.29 is 9.13 Å². The van der Waals surface area contributed by atoms with Crippen molar-refractivity contribution >= 4 is 29.9 Å².